The van der Waals surface area contributed by atoms with Gasteiger partial charge in [0.25, 0.3) is 0 Å². The Morgan fingerprint density at radius 1 is 1.19 bits per heavy atom. The molecule has 1 aliphatic rings. The minimum Gasteiger partial charge on any atom is -0.504 e. The quantitative estimate of drug-likeness (QED) is 0.497. The summed E-state index contributed by atoms with van der Waals surface area (Å²) in [6.45, 7) is 1.45. The number of rotatable bonds is 5. The van der Waals surface area contributed by atoms with E-state index in [1.54, 1.807) is 12.1 Å². The number of thiocarbonyl (C=S) groups is 1. The highest BCUT2D eigenvalue weighted by atomic mass is 32.1. The van der Waals surface area contributed by atoms with Crippen molar-refractivity contribution >= 4 is 17.3 Å². The van der Waals surface area contributed by atoms with Crippen LogP contribution >= 0.6 is 12.2 Å². The molecule has 5 heteroatoms. The van der Waals surface area contributed by atoms with Crippen LogP contribution in [0.3, 0.4) is 0 Å². The fourth-order valence-corrected chi connectivity index (χ4v) is 2.28. The first-order valence-corrected chi connectivity index (χ1v) is 7.43. The Morgan fingerprint density at radius 3 is 2.76 bits per heavy atom. The average molecular weight is 304 g/mol. The molecule has 112 valence electrons. The van der Waals surface area contributed by atoms with Crippen LogP contribution in [0.4, 0.5) is 0 Å². The topological polar surface area (TPSA) is 64.5 Å². The lowest BCUT2D eigenvalue weighted by Crippen LogP contribution is -2.37. The van der Waals surface area contributed by atoms with Crippen LogP contribution in [0.5, 0.6) is 11.5 Å². The molecule has 1 aromatic rings. The summed E-state index contributed by atoms with van der Waals surface area (Å²) in [4.78, 5) is 0. The van der Waals surface area contributed by atoms with Crippen LogP contribution in [0.1, 0.15) is 18.4 Å². The summed E-state index contributed by atoms with van der Waals surface area (Å²) in [6, 6.07) is 4.84. The molecule has 4 N–H and O–H groups in total. The lowest BCUT2D eigenvalue weighted by atomic mass is 10.1. The van der Waals surface area contributed by atoms with E-state index < -0.39 is 0 Å². The third-order valence-corrected chi connectivity index (χ3v) is 3.60. The standard InChI is InChI=1S/C16H20N2O2S/c19-14-7-6-12(10-15(14)20)8-9-17-16(21)18-11-13-4-2-1-3-5-13/h1-2,4,6-7,10,19-20H,3,5,8-9,11H2,(H2,17,18,21). The number of aromatic hydroxyl groups is 2. The second-order valence-electron chi connectivity index (χ2n) is 4.97. The van der Waals surface area contributed by atoms with E-state index in [1.807, 2.05) is 0 Å². The second kappa shape index (κ2) is 7.69. The van der Waals surface area contributed by atoms with Gasteiger partial charge in [-0.1, -0.05) is 29.9 Å². The zero-order valence-electron chi connectivity index (χ0n) is 11.8. The molecule has 2 rings (SSSR count). The number of phenols is 2. The Balaban J connectivity index is 1.68. The van der Waals surface area contributed by atoms with Crippen LogP contribution in [0.2, 0.25) is 0 Å². The first kappa shape index (κ1) is 15.4. The summed E-state index contributed by atoms with van der Waals surface area (Å²) in [5.74, 6) is -0.191. The predicted molar refractivity (Wildman–Crippen MR) is 88.5 cm³/mol. The molecular formula is C16H20N2O2S. The molecule has 1 aliphatic carbocycles. The van der Waals surface area contributed by atoms with Crippen molar-refractivity contribution in [1.29, 1.82) is 0 Å². The first-order valence-electron chi connectivity index (χ1n) is 7.02. The summed E-state index contributed by atoms with van der Waals surface area (Å²) >= 11 is 5.23. The van der Waals surface area contributed by atoms with Gasteiger partial charge in [-0.25, -0.2) is 0 Å². The zero-order valence-corrected chi connectivity index (χ0v) is 12.6. The van der Waals surface area contributed by atoms with Gasteiger partial charge < -0.3 is 20.8 Å². The van der Waals surface area contributed by atoms with E-state index in [0.29, 0.717) is 11.7 Å². The Bertz CT molecular complexity index is 567. The van der Waals surface area contributed by atoms with Gasteiger partial charge in [0.1, 0.15) is 0 Å². The third kappa shape index (κ3) is 5.11. The van der Waals surface area contributed by atoms with E-state index in [-0.39, 0.29) is 11.5 Å². The summed E-state index contributed by atoms with van der Waals surface area (Å²) < 4.78 is 0. The highest BCUT2D eigenvalue weighted by Gasteiger charge is 2.03. The van der Waals surface area contributed by atoms with Crippen LogP contribution in [0.15, 0.2) is 42.0 Å². The lowest BCUT2D eigenvalue weighted by Gasteiger charge is -2.13. The number of hydrogen-bond acceptors (Lipinski definition) is 3. The molecular weight excluding hydrogens is 284 g/mol. The Morgan fingerprint density at radius 2 is 2.05 bits per heavy atom. The number of allylic oxidation sites excluding steroid dienone is 3. The van der Waals surface area contributed by atoms with Crippen molar-refractivity contribution in [2.45, 2.75) is 19.3 Å². The van der Waals surface area contributed by atoms with Crippen molar-refractivity contribution in [2.24, 2.45) is 0 Å². The lowest BCUT2D eigenvalue weighted by molar-refractivity contribution is 0.403. The molecule has 0 unspecified atom stereocenters. The van der Waals surface area contributed by atoms with Gasteiger partial charge in [-0.15, -0.1) is 0 Å². The van der Waals surface area contributed by atoms with Crippen molar-refractivity contribution in [3.63, 3.8) is 0 Å². The highest BCUT2D eigenvalue weighted by molar-refractivity contribution is 7.80. The molecule has 0 saturated heterocycles. The van der Waals surface area contributed by atoms with Crippen molar-refractivity contribution in [3.8, 4) is 11.5 Å². The molecule has 0 atom stereocenters. The number of hydrogen-bond donors (Lipinski definition) is 4. The molecule has 0 aromatic heterocycles. The van der Waals surface area contributed by atoms with Crippen LogP contribution in [0.25, 0.3) is 0 Å². The second-order valence-corrected chi connectivity index (χ2v) is 5.38. The third-order valence-electron chi connectivity index (χ3n) is 3.32. The molecule has 0 radical (unpaired) electrons. The van der Waals surface area contributed by atoms with Gasteiger partial charge in [0.05, 0.1) is 0 Å². The number of benzene rings is 1. The van der Waals surface area contributed by atoms with E-state index in [9.17, 15) is 10.2 Å². The van der Waals surface area contributed by atoms with Gasteiger partial charge in [0, 0.05) is 13.1 Å². The molecule has 0 bridgehead atoms. The summed E-state index contributed by atoms with van der Waals surface area (Å²) in [5, 5.41) is 25.6. The van der Waals surface area contributed by atoms with Crippen LogP contribution in [-0.2, 0) is 6.42 Å². The monoisotopic (exact) mass is 304 g/mol. The molecule has 0 heterocycles. The van der Waals surface area contributed by atoms with E-state index >= 15 is 0 Å². The van der Waals surface area contributed by atoms with Crippen LogP contribution in [-0.4, -0.2) is 28.4 Å². The number of phenolic OH excluding ortho intramolecular Hbond substituents is 2. The fourth-order valence-electron chi connectivity index (χ4n) is 2.10. The molecule has 0 saturated carbocycles. The van der Waals surface area contributed by atoms with Gasteiger partial charge in [-0.3, -0.25) is 0 Å². The van der Waals surface area contributed by atoms with E-state index in [0.717, 1.165) is 31.4 Å². The normalized spacial score (nSPS) is 13.6. The van der Waals surface area contributed by atoms with Gasteiger partial charge in [0.15, 0.2) is 16.6 Å². The Kier molecular flexibility index (Phi) is 5.63. The molecule has 0 fully saturated rings. The Labute approximate surface area is 130 Å². The van der Waals surface area contributed by atoms with Gasteiger partial charge in [0.2, 0.25) is 0 Å². The molecule has 0 spiro atoms. The van der Waals surface area contributed by atoms with Crippen molar-refractivity contribution in [2.75, 3.05) is 13.1 Å². The summed E-state index contributed by atoms with van der Waals surface area (Å²) in [7, 11) is 0. The number of nitrogens with one attached hydrogen (secondary N) is 2. The predicted octanol–water partition coefficient (Wildman–Crippen LogP) is 2.38. The Hall–Kier alpha value is -2.01. The maximum Gasteiger partial charge on any atom is 0.166 e. The molecule has 0 aliphatic heterocycles. The highest BCUT2D eigenvalue weighted by Crippen LogP contribution is 2.24. The summed E-state index contributed by atoms with van der Waals surface area (Å²) in [6.07, 6.45) is 9.26. The van der Waals surface area contributed by atoms with Crippen LogP contribution < -0.4 is 10.6 Å². The van der Waals surface area contributed by atoms with E-state index in [1.165, 1.54) is 11.6 Å². The molecule has 0 amide bonds. The van der Waals surface area contributed by atoms with E-state index in [2.05, 4.69) is 28.9 Å². The minimum atomic E-state index is -0.0984. The van der Waals surface area contributed by atoms with Crippen molar-refractivity contribution in [3.05, 3.63) is 47.6 Å². The smallest absolute Gasteiger partial charge is 0.166 e. The molecule has 4 nitrogen and oxygen atoms in total. The maximum atomic E-state index is 9.42. The van der Waals surface area contributed by atoms with Crippen molar-refractivity contribution in [1.82, 2.24) is 10.6 Å². The van der Waals surface area contributed by atoms with Gasteiger partial charge in [-0.05, 0) is 49.2 Å². The largest absolute Gasteiger partial charge is 0.504 e. The molecule has 1 aromatic carbocycles. The SMILES string of the molecule is Oc1ccc(CCNC(=S)NCC2=CC=CCC2)cc1O. The van der Waals surface area contributed by atoms with Crippen LogP contribution in [0, 0.1) is 0 Å². The van der Waals surface area contributed by atoms with E-state index in [4.69, 9.17) is 12.2 Å². The fraction of sp³-hybridized carbons (Fsp3) is 0.312. The zero-order chi connectivity index (χ0) is 15.1. The minimum absolute atomic E-state index is 0.0921. The molecule has 21 heavy (non-hydrogen) atoms. The first-order chi connectivity index (χ1) is 10.1. The average Bonchev–Trinajstić information content (AvgIpc) is 2.50. The summed E-state index contributed by atoms with van der Waals surface area (Å²) in [5.41, 5.74) is 2.30. The van der Waals surface area contributed by atoms with Crippen molar-refractivity contribution < 1.29 is 10.2 Å². The maximum absolute atomic E-state index is 9.42. The van der Waals surface area contributed by atoms with Gasteiger partial charge >= 0.3 is 0 Å². The van der Waals surface area contributed by atoms with Gasteiger partial charge in [-0.2, -0.15) is 0 Å².